The lowest BCUT2D eigenvalue weighted by Crippen LogP contribution is -2.29. The molecular weight excluding hydrogens is 511 g/mol. The fraction of sp³-hybridized carbons (Fsp3) is 0.231. The number of amidine groups is 2. The molecule has 6 heterocycles. The average molecular weight is 533 g/mol. The molecule has 11 heteroatoms. The van der Waals surface area contributed by atoms with Crippen LogP contribution in [0.25, 0.3) is 11.1 Å². The predicted molar refractivity (Wildman–Crippen MR) is 142 cm³/mol. The van der Waals surface area contributed by atoms with Crippen LogP contribution in [0.3, 0.4) is 0 Å². The van der Waals surface area contributed by atoms with Gasteiger partial charge in [0.1, 0.15) is 10.3 Å². The molecule has 0 bridgehead atoms. The molecule has 0 aliphatic carbocycles. The zero-order chi connectivity index (χ0) is 25.2. The molecule has 0 amide bonds. The lowest BCUT2D eigenvalue weighted by Gasteiger charge is -2.21. The Kier molecular flexibility index (Phi) is 6.55. The van der Waals surface area contributed by atoms with Crippen molar-refractivity contribution in [2.75, 3.05) is 26.2 Å². The van der Waals surface area contributed by atoms with Crippen molar-refractivity contribution in [2.45, 2.75) is 13.1 Å². The molecule has 0 N–H and O–H groups in total. The number of nitrogens with zero attached hydrogens (tertiary/aromatic N) is 8. The molecule has 0 saturated carbocycles. The summed E-state index contributed by atoms with van der Waals surface area (Å²) in [7, 11) is 0. The van der Waals surface area contributed by atoms with Gasteiger partial charge >= 0.3 is 0 Å². The van der Waals surface area contributed by atoms with Gasteiger partial charge in [-0.1, -0.05) is 46.6 Å². The monoisotopic (exact) mass is 532 g/mol. The van der Waals surface area contributed by atoms with E-state index in [1.54, 1.807) is 30.7 Å². The van der Waals surface area contributed by atoms with Crippen molar-refractivity contribution in [1.29, 1.82) is 0 Å². The summed E-state index contributed by atoms with van der Waals surface area (Å²) in [5.74, 6) is 2.13. The van der Waals surface area contributed by atoms with Gasteiger partial charge in [0, 0.05) is 56.5 Å². The Morgan fingerprint density at radius 1 is 0.784 bits per heavy atom. The van der Waals surface area contributed by atoms with E-state index in [4.69, 9.17) is 37.7 Å². The van der Waals surface area contributed by atoms with Gasteiger partial charge < -0.3 is 14.3 Å². The van der Waals surface area contributed by atoms with E-state index < -0.39 is 0 Å². The number of aromatic nitrogens is 4. The van der Waals surface area contributed by atoms with Crippen molar-refractivity contribution in [3.8, 4) is 11.1 Å². The van der Waals surface area contributed by atoms with E-state index in [-0.39, 0.29) is 0 Å². The zero-order valence-corrected chi connectivity index (χ0v) is 21.3. The first kappa shape index (κ1) is 23.6. The second-order valence-electron chi connectivity index (χ2n) is 8.71. The van der Waals surface area contributed by atoms with Crippen LogP contribution in [0.15, 0.2) is 75.7 Å². The maximum Gasteiger partial charge on any atom is 0.210 e. The molecule has 37 heavy (non-hydrogen) atoms. The van der Waals surface area contributed by atoms with Crippen LogP contribution in [0.2, 0.25) is 10.3 Å². The summed E-state index contributed by atoms with van der Waals surface area (Å²) in [6.45, 7) is 4.12. The van der Waals surface area contributed by atoms with Gasteiger partial charge in [0.2, 0.25) is 5.76 Å². The van der Waals surface area contributed by atoms with Gasteiger partial charge in [0.15, 0.2) is 17.4 Å². The minimum Gasteiger partial charge on any atom is -0.352 e. The fourth-order valence-corrected chi connectivity index (χ4v) is 4.75. The number of rotatable bonds is 7. The molecule has 9 nitrogen and oxygen atoms in total. The molecule has 0 spiro atoms. The standard InChI is InChI=1S/C26H22Cl2N8O/c27-20-5-3-17(12-32-20)15-35-10-8-30-25(35)23-22(19-2-1-7-29-14-19)24(37-34-23)26-31-9-11-36(26)16-18-4-6-21(28)33-13-18/h1-7,12-14H,8-11,15-16H2. The minimum absolute atomic E-state index is 0.467. The summed E-state index contributed by atoms with van der Waals surface area (Å²) < 4.78 is 6.02. The van der Waals surface area contributed by atoms with E-state index >= 15 is 0 Å². The third-order valence-corrected chi connectivity index (χ3v) is 6.69. The second-order valence-corrected chi connectivity index (χ2v) is 9.48. The van der Waals surface area contributed by atoms with Gasteiger partial charge in [0.05, 0.1) is 18.7 Å². The Labute approximate surface area is 223 Å². The number of aliphatic imine (C=N–C) groups is 2. The summed E-state index contributed by atoms with van der Waals surface area (Å²) >= 11 is 11.9. The third kappa shape index (κ3) is 4.92. The van der Waals surface area contributed by atoms with Gasteiger partial charge in [-0.25, -0.2) is 9.97 Å². The van der Waals surface area contributed by atoms with E-state index in [2.05, 4.69) is 29.9 Å². The predicted octanol–water partition coefficient (Wildman–Crippen LogP) is 4.36. The van der Waals surface area contributed by atoms with Gasteiger partial charge in [0.25, 0.3) is 0 Å². The van der Waals surface area contributed by atoms with Crippen molar-refractivity contribution >= 4 is 34.9 Å². The first-order valence-electron chi connectivity index (χ1n) is 11.9. The maximum atomic E-state index is 6.02. The third-order valence-electron chi connectivity index (χ3n) is 6.24. The molecule has 0 atom stereocenters. The number of hydrogen-bond acceptors (Lipinski definition) is 9. The molecule has 6 rings (SSSR count). The Bertz CT molecular complexity index is 1360. The molecule has 0 radical (unpaired) electrons. The van der Waals surface area contributed by atoms with Crippen LogP contribution in [0.4, 0.5) is 0 Å². The van der Waals surface area contributed by atoms with E-state index in [9.17, 15) is 0 Å². The normalized spacial score (nSPS) is 15.3. The highest BCUT2D eigenvalue weighted by Crippen LogP contribution is 2.32. The quantitative estimate of drug-likeness (QED) is 0.326. The van der Waals surface area contributed by atoms with Crippen LogP contribution in [0.1, 0.15) is 22.6 Å². The van der Waals surface area contributed by atoms with E-state index in [1.165, 1.54) is 0 Å². The lowest BCUT2D eigenvalue weighted by atomic mass is 10.0. The Morgan fingerprint density at radius 2 is 1.43 bits per heavy atom. The van der Waals surface area contributed by atoms with Crippen LogP contribution >= 0.6 is 23.2 Å². The van der Waals surface area contributed by atoms with Crippen molar-refractivity contribution in [1.82, 2.24) is 29.9 Å². The Balaban J connectivity index is 1.35. The van der Waals surface area contributed by atoms with E-state index in [1.807, 2.05) is 30.5 Å². The molecule has 4 aromatic rings. The largest absolute Gasteiger partial charge is 0.352 e. The SMILES string of the molecule is Clc1ccc(CN2CCN=C2c2noc(C3=NCCN3Cc3ccc(Cl)nc3)c2-c2cccnc2)cn1. The molecule has 0 saturated heterocycles. The van der Waals surface area contributed by atoms with E-state index in [0.29, 0.717) is 47.9 Å². The summed E-state index contributed by atoms with van der Waals surface area (Å²) in [6, 6.07) is 11.4. The molecular formula is C26H22Cl2N8O. The maximum absolute atomic E-state index is 6.02. The minimum atomic E-state index is 0.467. The Morgan fingerprint density at radius 3 is 2.03 bits per heavy atom. The number of halogens is 2. The summed E-state index contributed by atoms with van der Waals surface area (Å²) in [5, 5.41) is 5.46. The highest BCUT2D eigenvalue weighted by Gasteiger charge is 2.33. The van der Waals surface area contributed by atoms with E-state index in [0.717, 1.165) is 47.0 Å². The summed E-state index contributed by atoms with van der Waals surface area (Å²) in [4.78, 5) is 26.7. The van der Waals surface area contributed by atoms with Gasteiger partial charge in [-0.15, -0.1) is 0 Å². The number of hydrogen-bond donors (Lipinski definition) is 0. The first-order valence-corrected chi connectivity index (χ1v) is 12.6. The molecule has 186 valence electrons. The van der Waals surface area contributed by atoms with Crippen LogP contribution in [-0.4, -0.2) is 67.8 Å². The van der Waals surface area contributed by atoms with Crippen LogP contribution in [0, 0.1) is 0 Å². The number of pyridine rings is 3. The highest BCUT2D eigenvalue weighted by molar-refractivity contribution is 6.29. The summed E-state index contributed by atoms with van der Waals surface area (Å²) in [5.41, 5.74) is 4.45. The van der Waals surface area contributed by atoms with Gasteiger partial charge in [-0.05, 0) is 29.3 Å². The fourth-order valence-electron chi connectivity index (χ4n) is 4.53. The molecule has 4 aromatic heterocycles. The molecule has 0 fully saturated rings. The van der Waals surface area contributed by atoms with Crippen molar-refractivity contribution in [2.24, 2.45) is 9.98 Å². The second kappa shape index (κ2) is 10.3. The highest BCUT2D eigenvalue weighted by atomic mass is 35.5. The Hall–Kier alpha value is -3.82. The van der Waals surface area contributed by atoms with Crippen LogP contribution < -0.4 is 0 Å². The lowest BCUT2D eigenvalue weighted by molar-refractivity contribution is 0.387. The zero-order valence-electron chi connectivity index (χ0n) is 19.8. The van der Waals surface area contributed by atoms with Crippen molar-refractivity contribution < 1.29 is 4.52 Å². The van der Waals surface area contributed by atoms with Crippen LogP contribution in [-0.2, 0) is 13.1 Å². The smallest absolute Gasteiger partial charge is 0.210 e. The summed E-state index contributed by atoms with van der Waals surface area (Å²) in [6.07, 6.45) is 7.12. The van der Waals surface area contributed by atoms with Gasteiger partial charge in [-0.2, -0.15) is 0 Å². The first-order chi connectivity index (χ1) is 18.2. The average Bonchev–Trinajstić information content (AvgIpc) is 3.67. The molecule has 2 aliphatic heterocycles. The van der Waals surface area contributed by atoms with Crippen LogP contribution in [0.5, 0.6) is 0 Å². The van der Waals surface area contributed by atoms with Gasteiger partial charge in [-0.3, -0.25) is 15.0 Å². The topological polar surface area (TPSA) is 95.9 Å². The molecule has 2 aliphatic rings. The van der Waals surface area contributed by atoms with Crippen molar-refractivity contribution in [3.63, 3.8) is 0 Å². The molecule has 0 aromatic carbocycles. The molecule has 0 unspecified atom stereocenters. The van der Waals surface area contributed by atoms with Crippen molar-refractivity contribution in [3.05, 3.63) is 94.1 Å².